The van der Waals surface area contributed by atoms with Gasteiger partial charge < -0.3 is 10.1 Å². The molecule has 0 radical (unpaired) electrons. The maximum atomic E-state index is 11.9. The molecule has 0 aromatic heterocycles. The van der Waals surface area contributed by atoms with Crippen LogP contribution in [0, 0.1) is 11.8 Å². The number of hydrogen-bond acceptors (Lipinski definition) is 3. The summed E-state index contributed by atoms with van der Waals surface area (Å²) in [6, 6.07) is 10.3. The molecule has 0 heterocycles. The molecule has 0 spiro atoms. The van der Waals surface area contributed by atoms with Crippen molar-refractivity contribution in [2.24, 2.45) is 11.8 Å². The molecule has 0 aliphatic heterocycles. The van der Waals surface area contributed by atoms with Crippen molar-refractivity contribution in [2.75, 3.05) is 6.54 Å². The summed E-state index contributed by atoms with van der Waals surface area (Å²) in [5.41, 5.74) is 1.03. The van der Waals surface area contributed by atoms with Crippen LogP contribution in [-0.4, -0.2) is 18.6 Å². The summed E-state index contributed by atoms with van der Waals surface area (Å²) < 4.78 is 5.34. The van der Waals surface area contributed by atoms with E-state index in [-0.39, 0.29) is 11.9 Å². The molecule has 1 N–H and O–H groups in total. The van der Waals surface area contributed by atoms with E-state index in [1.807, 2.05) is 37.3 Å². The molecular formula is C17H25NO2. The van der Waals surface area contributed by atoms with E-state index >= 15 is 0 Å². The van der Waals surface area contributed by atoms with E-state index in [4.69, 9.17) is 4.74 Å². The van der Waals surface area contributed by atoms with Crippen LogP contribution >= 0.6 is 0 Å². The normalized spacial score (nSPS) is 18.1. The SMILES string of the molecule is CC(CNC(C)C1CCC1)C(=O)OCc1ccccc1. The van der Waals surface area contributed by atoms with Crippen molar-refractivity contribution in [3.05, 3.63) is 35.9 Å². The van der Waals surface area contributed by atoms with E-state index in [0.717, 1.165) is 11.5 Å². The van der Waals surface area contributed by atoms with Crippen molar-refractivity contribution in [3.8, 4) is 0 Å². The third-order valence-corrected chi connectivity index (χ3v) is 4.23. The van der Waals surface area contributed by atoms with Gasteiger partial charge in [-0.05, 0) is 31.2 Å². The zero-order valence-corrected chi connectivity index (χ0v) is 12.5. The number of ether oxygens (including phenoxy) is 1. The van der Waals surface area contributed by atoms with E-state index in [0.29, 0.717) is 19.2 Å². The second-order valence-electron chi connectivity index (χ2n) is 5.88. The van der Waals surface area contributed by atoms with E-state index in [2.05, 4.69) is 12.2 Å². The number of rotatable bonds is 7. The molecule has 1 aromatic rings. The topological polar surface area (TPSA) is 38.3 Å². The van der Waals surface area contributed by atoms with Gasteiger partial charge in [-0.3, -0.25) is 4.79 Å². The molecule has 2 rings (SSSR count). The molecule has 1 fully saturated rings. The molecule has 0 bridgehead atoms. The molecule has 3 heteroatoms. The van der Waals surface area contributed by atoms with Gasteiger partial charge >= 0.3 is 5.97 Å². The minimum absolute atomic E-state index is 0.0961. The zero-order chi connectivity index (χ0) is 14.4. The summed E-state index contributed by atoms with van der Waals surface area (Å²) in [5.74, 6) is 0.575. The van der Waals surface area contributed by atoms with Crippen LogP contribution in [0.2, 0.25) is 0 Å². The van der Waals surface area contributed by atoms with Crippen LogP contribution in [0.15, 0.2) is 30.3 Å². The van der Waals surface area contributed by atoms with Crippen LogP contribution < -0.4 is 5.32 Å². The first-order chi connectivity index (χ1) is 9.66. The van der Waals surface area contributed by atoms with Crippen LogP contribution in [0.1, 0.15) is 38.7 Å². The zero-order valence-electron chi connectivity index (χ0n) is 12.5. The molecule has 20 heavy (non-hydrogen) atoms. The van der Waals surface area contributed by atoms with Crippen LogP contribution in [0.4, 0.5) is 0 Å². The number of nitrogens with one attached hydrogen (secondary N) is 1. The Labute approximate surface area is 121 Å². The highest BCUT2D eigenvalue weighted by atomic mass is 16.5. The fraction of sp³-hybridized carbons (Fsp3) is 0.588. The van der Waals surface area contributed by atoms with E-state index in [1.165, 1.54) is 19.3 Å². The molecule has 110 valence electrons. The molecule has 2 unspecified atom stereocenters. The fourth-order valence-corrected chi connectivity index (χ4v) is 2.42. The van der Waals surface area contributed by atoms with Gasteiger partial charge in [-0.2, -0.15) is 0 Å². The summed E-state index contributed by atoms with van der Waals surface area (Å²) >= 11 is 0. The molecule has 1 aliphatic carbocycles. The standard InChI is InChI=1S/C17H25NO2/c1-13(11-18-14(2)16-9-6-10-16)17(19)20-12-15-7-4-3-5-8-15/h3-5,7-8,13-14,16,18H,6,9-12H2,1-2H3. The third-order valence-electron chi connectivity index (χ3n) is 4.23. The first-order valence-electron chi connectivity index (χ1n) is 7.60. The monoisotopic (exact) mass is 275 g/mol. The van der Waals surface area contributed by atoms with Gasteiger partial charge in [0.15, 0.2) is 0 Å². The van der Waals surface area contributed by atoms with E-state index in [1.54, 1.807) is 0 Å². The lowest BCUT2D eigenvalue weighted by molar-refractivity contribution is -0.149. The van der Waals surface area contributed by atoms with Crippen molar-refractivity contribution in [2.45, 2.75) is 45.8 Å². The van der Waals surface area contributed by atoms with Crippen molar-refractivity contribution < 1.29 is 9.53 Å². The molecular weight excluding hydrogens is 250 g/mol. The summed E-state index contributed by atoms with van der Waals surface area (Å²) in [6.45, 7) is 5.20. The lowest BCUT2D eigenvalue weighted by atomic mass is 9.80. The maximum absolute atomic E-state index is 11.9. The molecule has 0 amide bonds. The predicted octanol–water partition coefficient (Wildman–Crippen LogP) is 3.14. The lowest BCUT2D eigenvalue weighted by Crippen LogP contribution is -2.40. The van der Waals surface area contributed by atoms with Gasteiger partial charge in [0, 0.05) is 12.6 Å². The maximum Gasteiger partial charge on any atom is 0.310 e. The molecule has 1 aromatic carbocycles. The van der Waals surface area contributed by atoms with Crippen molar-refractivity contribution in [1.29, 1.82) is 0 Å². The van der Waals surface area contributed by atoms with Crippen molar-refractivity contribution in [1.82, 2.24) is 5.32 Å². The van der Waals surface area contributed by atoms with E-state index < -0.39 is 0 Å². The number of hydrogen-bond donors (Lipinski definition) is 1. The van der Waals surface area contributed by atoms with Crippen LogP contribution in [-0.2, 0) is 16.1 Å². The lowest BCUT2D eigenvalue weighted by Gasteiger charge is -2.32. The Balaban J connectivity index is 1.66. The number of carbonyl (C=O) groups is 1. The van der Waals surface area contributed by atoms with E-state index in [9.17, 15) is 4.79 Å². The number of carbonyl (C=O) groups excluding carboxylic acids is 1. The largest absolute Gasteiger partial charge is 0.461 e. The minimum Gasteiger partial charge on any atom is -0.461 e. The summed E-state index contributed by atoms with van der Waals surface area (Å²) in [7, 11) is 0. The fourth-order valence-electron chi connectivity index (χ4n) is 2.42. The quantitative estimate of drug-likeness (QED) is 0.777. The smallest absolute Gasteiger partial charge is 0.310 e. The Hall–Kier alpha value is -1.35. The van der Waals surface area contributed by atoms with Crippen molar-refractivity contribution >= 4 is 5.97 Å². The van der Waals surface area contributed by atoms with Crippen LogP contribution in [0.3, 0.4) is 0 Å². The van der Waals surface area contributed by atoms with Gasteiger partial charge in [-0.25, -0.2) is 0 Å². The number of esters is 1. The second kappa shape index (κ2) is 7.44. The van der Waals surface area contributed by atoms with Gasteiger partial charge in [0.25, 0.3) is 0 Å². The van der Waals surface area contributed by atoms with Crippen LogP contribution in [0.5, 0.6) is 0 Å². The highest BCUT2D eigenvalue weighted by Gasteiger charge is 2.24. The molecule has 3 nitrogen and oxygen atoms in total. The van der Waals surface area contributed by atoms with Gasteiger partial charge in [-0.15, -0.1) is 0 Å². The average Bonchev–Trinajstić information content (AvgIpc) is 2.41. The summed E-state index contributed by atoms with van der Waals surface area (Å²) in [6.07, 6.45) is 3.99. The Morgan fingerprint density at radius 3 is 2.60 bits per heavy atom. The summed E-state index contributed by atoms with van der Waals surface area (Å²) in [5, 5.41) is 3.46. The highest BCUT2D eigenvalue weighted by Crippen LogP contribution is 2.29. The Morgan fingerprint density at radius 2 is 2.00 bits per heavy atom. The molecule has 2 atom stereocenters. The van der Waals surface area contributed by atoms with Crippen LogP contribution in [0.25, 0.3) is 0 Å². The second-order valence-corrected chi connectivity index (χ2v) is 5.88. The minimum atomic E-state index is -0.123. The van der Waals surface area contributed by atoms with Gasteiger partial charge in [0.2, 0.25) is 0 Å². The Morgan fingerprint density at radius 1 is 1.30 bits per heavy atom. The molecule has 0 saturated heterocycles. The molecule has 1 aliphatic rings. The third kappa shape index (κ3) is 4.34. The van der Waals surface area contributed by atoms with Gasteiger partial charge in [-0.1, -0.05) is 43.7 Å². The first-order valence-corrected chi connectivity index (χ1v) is 7.60. The highest BCUT2D eigenvalue weighted by molar-refractivity contribution is 5.72. The Bertz CT molecular complexity index is 414. The van der Waals surface area contributed by atoms with Crippen molar-refractivity contribution in [3.63, 3.8) is 0 Å². The molecule has 1 saturated carbocycles. The first kappa shape index (κ1) is 15.0. The Kier molecular flexibility index (Phi) is 5.60. The summed E-state index contributed by atoms with van der Waals surface area (Å²) in [4.78, 5) is 11.9. The average molecular weight is 275 g/mol. The van der Waals surface area contributed by atoms with Gasteiger partial charge in [0.1, 0.15) is 6.61 Å². The predicted molar refractivity (Wildman–Crippen MR) is 80.2 cm³/mol. The van der Waals surface area contributed by atoms with Gasteiger partial charge in [0.05, 0.1) is 5.92 Å². The number of benzene rings is 1.